The topological polar surface area (TPSA) is 92.8 Å². The minimum absolute atomic E-state index is 0.0150. The van der Waals surface area contributed by atoms with E-state index in [4.69, 9.17) is 4.74 Å². The first-order valence-electron chi connectivity index (χ1n) is 9.61. The van der Waals surface area contributed by atoms with Gasteiger partial charge in [0.25, 0.3) is 5.91 Å². The van der Waals surface area contributed by atoms with Gasteiger partial charge in [-0.1, -0.05) is 43.3 Å². The number of rotatable bonds is 8. The lowest BCUT2D eigenvalue weighted by atomic mass is 10.0. The summed E-state index contributed by atoms with van der Waals surface area (Å²) < 4.78 is 31.0. The number of amides is 1. The van der Waals surface area contributed by atoms with Crippen LogP contribution in [0.5, 0.6) is 0 Å². The van der Waals surface area contributed by atoms with Crippen molar-refractivity contribution < 1.29 is 22.7 Å². The van der Waals surface area contributed by atoms with Gasteiger partial charge in [0.2, 0.25) is 10.0 Å². The number of carbonyl (C=O) groups is 2. The van der Waals surface area contributed by atoms with Gasteiger partial charge in [-0.05, 0) is 43.0 Å². The molecule has 2 atom stereocenters. The number of benzene rings is 2. The first-order chi connectivity index (χ1) is 14.0. The summed E-state index contributed by atoms with van der Waals surface area (Å²) in [5.41, 5.74) is 1.76. The van der Waals surface area contributed by atoms with Gasteiger partial charge in [-0.25, -0.2) is 17.5 Å². The molecule has 2 unspecified atom stereocenters. The number of nitrogens with one attached hydrogen (secondary N) is 1. The van der Waals surface area contributed by atoms with Gasteiger partial charge in [-0.15, -0.1) is 0 Å². The van der Waals surface area contributed by atoms with E-state index in [1.807, 2.05) is 37.3 Å². The number of nitrogens with zero attached hydrogens (tertiary/aromatic N) is 1. The summed E-state index contributed by atoms with van der Waals surface area (Å²) in [6.45, 7) is 5.55. The van der Waals surface area contributed by atoms with E-state index in [1.165, 1.54) is 33.2 Å². The fraction of sp³-hybridized carbons (Fsp3) is 0.364. The number of sulfonamides is 1. The van der Waals surface area contributed by atoms with Crippen molar-refractivity contribution in [3.8, 4) is 0 Å². The molecule has 0 aliphatic heterocycles. The first-order valence-corrected chi connectivity index (χ1v) is 11.0. The van der Waals surface area contributed by atoms with Crippen LogP contribution in [0.15, 0.2) is 53.4 Å². The number of hydrogen-bond acceptors (Lipinski definition) is 5. The summed E-state index contributed by atoms with van der Waals surface area (Å²) in [4.78, 5) is 24.9. The second-order valence-corrected chi connectivity index (χ2v) is 9.52. The highest BCUT2D eigenvalue weighted by atomic mass is 32.2. The van der Waals surface area contributed by atoms with Crippen LogP contribution in [0.25, 0.3) is 0 Å². The van der Waals surface area contributed by atoms with E-state index in [9.17, 15) is 18.0 Å². The maximum Gasteiger partial charge on any atom is 0.339 e. The Bertz CT molecular complexity index is 1000. The van der Waals surface area contributed by atoms with Gasteiger partial charge in [0.15, 0.2) is 6.10 Å². The number of aryl methyl sites for hydroxylation is 1. The predicted octanol–water partition coefficient (Wildman–Crippen LogP) is 2.71. The number of hydrogen-bond donors (Lipinski definition) is 1. The van der Waals surface area contributed by atoms with Crippen LogP contribution in [-0.2, 0) is 19.6 Å². The molecule has 1 N–H and O–H groups in total. The predicted molar refractivity (Wildman–Crippen MR) is 115 cm³/mol. The maximum absolute atomic E-state index is 12.6. The molecule has 0 aliphatic rings. The van der Waals surface area contributed by atoms with Crippen LogP contribution in [0.1, 0.15) is 41.3 Å². The van der Waals surface area contributed by atoms with Crippen molar-refractivity contribution in [3.63, 3.8) is 0 Å². The molecule has 30 heavy (non-hydrogen) atoms. The highest BCUT2D eigenvalue weighted by Crippen LogP contribution is 2.19. The molecule has 8 heteroatoms. The smallest absolute Gasteiger partial charge is 0.339 e. The minimum Gasteiger partial charge on any atom is -0.449 e. The average molecular weight is 433 g/mol. The van der Waals surface area contributed by atoms with E-state index >= 15 is 0 Å². The molecule has 1 amide bonds. The Morgan fingerprint density at radius 1 is 1.07 bits per heavy atom. The largest absolute Gasteiger partial charge is 0.449 e. The van der Waals surface area contributed by atoms with Crippen LogP contribution >= 0.6 is 0 Å². The van der Waals surface area contributed by atoms with Gasteiger partial charge in [-0.2, -0.15) is 0 Å². The molecule has 2 aromatic rings. The molecule has 0 radical (unpaired) electrons. The van der Waals surface area contributed by atoms with E-state index in [-0.39, 0.29) is 16.4 Å². The Labute approximate surface area is 178 Å². The molecule has 7 nitrogen and oxygen atoms in total. The Kier molecular flexibility index (Phi) is 7.75. The molecule has 0 fully saturated rings. The Balaban J connectivity index is 2.04. The zero-order chi connectivity index (χ0) is 22.5. The molecule has 0 saturated heterocycles. The molecule has 162 valence electrons. The second-order valence-electron chi connectivity index (χ2n) is 7.37. The van der Waals surface area contributed by atoms with Crippen molar-refractivity contribution in [2.75, 3.05) is 20.6 Å². The lowest BCUT2D eigenvalue weighted by Crippen LogP contribution is -2.37. The van der Waals surface area contributed by atoms with E-state index in [0.717, 1.165) is 9.87 Å². The van der Waals surface area contributed by atoms with Gasteiger partial charge < -0.3 is 10.1 Å². The average Bonchev–Trinajstić information content (AvgIpc) is 2.72. The summed E-state index contributed by atoms with van der Waals surface area (Å²) in [6, 6.07) is 14.0. The molecular formula is C22H28N2O5S. The van der Waals surface area contributed by atoms with Crippen molar-refractivity contribution in [1.29, 1.82) is 0 Å². The number of carbonyl (C=O) groups excluding carboxylic acids is 2. The zero-order valence-corrected chi connectivity index (χ0v) is 18.7. The number of ether oxygens (including phenoxy) is 1. The SMILES string of the molecule is Cc1ccc(S(=O)(=O)N(C)C)cc1C(=O)OC(C)C(=O)NCC(C)c1ccccc1. The maximum atomic E-state index is 12.6. The van der Waals surface area contributed by atoms with Gasteiger partial charge in [0, 0.05) is 20.6 Å². The van der Waals surface area contributed by atoms with Crippen LogP contribution in [0.2, 0.25) is 0 Å². The van der Waals surface area contributed by atoms with Crippen molar-refractivity contribution in [1.82, 2.24) is 9.62 Å². The highest BCUT2D eigenvalue weighted by Gasteiger charge is 2.24. The summed E-state index contributed by atoms with van der Waals surface area (Å²) in [5.74, 6) is -1.06. The minimum atomic E-state index is -3.69. The third-order valence-electron chi connectivity index (χ3n) is 4.81. The van der Waals surface area contributed by atoms with Crippen LogP contribution < -0.4 is 5.32 Å². The van der Waals surface area contributed by atoms with Gasteiger partial charge in [-0.3, -0.25) is 4.79 Å². The van der Waals surface area contributed by atoms with Gasteiger partial charge in [0.05, 0.1) is 10.5 Å². The van der Waals surface area contributed by atoms with E-state index in [2.05, 4.69) is 5.32 Å². The van der Waals surface area contributed by atoms with Crippen molar-refractivity contribution in [3.05, 3.63) is 65.2 Å². The molecule has 0 aliphatic carbocycles. The lowest BCUT2D eigenvalue weighted by Gasteiger charge is -2.18. The van der Waals surface area contributed by atoms with Crippen LogP contribution in [0.3, 0.4) is 0 Å². The summed E-state index contributed by atoms with van der Waals surface area (Å²) in [5, 5.41) is 2.78. The molecule has 0 spiro atoms. The zero-order valence-electron chi connectivity index (χ0n) is 17.9. The monoisotopic (exact) mass is 432 g/mol. The fourth-order valence-corrected chi connectivity index (χ4v) is 3.70. The summed E-state index contributed by atoms with van der Waals surface area (Å²) in [7, 11) is -0.867. The molecule has 0 bridgehead atoms. The molecule has 2 rings (SSSR count). The van der Waals surface area contributed by atoms with E-state index in [1.54, 1.807) is 13.0 Å². The third-order valence-corrected chi connectivity index (χ3v) is 6.62. The fourth-order valence-electron chi connectivity index (χ4n) is 2.77. The molecule has 0 aromatic heterocycles. The van der Waals surface area contributed by atoms with E-state index < -0.39 is 28.0 Å². The molecule has 0 heterocycles. The molecule has 2 aromatic carbocycles. The number of esters is 1. The molecule has 0 saturated carbocycles. The third kappa shape index (κ3) is 5.67. The second kappa shape index (κ2) is 9.86. The standard InChI is InChI=1S/C22H28N2O5S/c1-15-11-12-19(30(27,28)24(4)5)13-20(15)22(26)29-17(3)21(25)23-14-16(2)18-9-7-6-8-10-18/h6-13,16-17H,14H2,1-5H3,(H,23,25). The molecular weight excluding hydrogens is 404 g/mol. The lowest BCUT2D eigenvalue weighted by molar-refractivity contribution is -0.129. The Morgan fingerprint density at radius 2 is 1.70 bits per heavy atom. The van der Waals surface area contributed by atoms with E-state index in [0.29, 0.717) is 12.1 Å². The summed E-state index contributed by atoms with van der Waals surface area (Å²) >= 11 is 0. The first kappa shape index (κ1) is 23.6. The van der Waals surface area contributed by atoms with Gasteiger partial charge in [0.1, 0.15) is 0 Å². The Hall–Kier alpha value is -2.71. The van der Waals surface area contributed by atoms with Crippen LogP contribution in [-0.4, -0.2) is 51.3 Å². The van der Waals surface area contributed by atoms with Crippen molar-refractivity contribution >= 4 is 21.9 Å². The highest BCUT2D eigenvalue weighted by molar-refractivity contribution is 7.89. The quantitative estimate of drug-likeness (QED) is 0.648. The van der Waals surface area contributed by atoms with Crippen molar-refractivity contribution in [2.45, 2.75) is 37.7 Å². The normalized spacial score (nSPS) is 13.5. The Morgan fingerprint density at radius 3 is 2.30 bits per heavy atom. The van der Waals surface area contributed by atoms with Crippen molar-refractivity contribution in [2.24, 2.45) is 0 Å². The van der Waals surface area contributed by atoms with Crippen LogP contribution in [0.4, 0.5) is 0 Å². The van der Waals surface area contributed by atoms with Gasteiger partial charge >= 0.3 is 5.97 Å². The summed E-state index contributed by atoms with van der Waals surface area (Å²) in [6.07, 6.45) is -1.02. The van der Waals surface area contributed by atoms with Crippen LogP contribution in [0, 0.1) is 6.92 Å².